The minimum atomic E-state index is 1.08. The maximum atomic E-state index is 2.42. The summed E-state index contributed by atoms with van der Waals surface area (Å²) in [5, 5.41) is 17.3. The molecule has 20 aromatic rings. The lowest BCUT2D eigenvalue weighted by atomic mass is 9.84. The Bertz CT molecular complexity index is 6590. The van der Waals surface area contributed by atoms with Crippen LogP contribution in [0, 0.1) is 0 Å². The van der Waals surface area contributed by atoms with E-state index in [1.807, 2.05) is 0 Å². The van der Waals surface area contributed by atoms with Gasteiger partial charge in [-0.1, -0.05) is 352 Å². The van der Waals surface area contributed by atoms with E-state index in [1.165, 1.54) is 131 Å². The number of benzene rings is 20. The molecule has 0 fully saturated rings. The van der Waals surface area contributed by atoms with E-state index in [9.17, 15) is 0 Å². The Morgan fingerprint density at radius 2 is 0.393 bits per heavy atom. The average molecular weight is 1430 g/mol. The molecule has 0 bridgehead atoms. The maximum absolute atomic E-state index is 2.42. The first kappa shape index (κ1) is 67.9. The molecule has 112 heavy (non-hydrogen) atoms. The number of nitrogens with zero attached hydrogens (tertiary/aromatic N) is 2. The third kappa shape index (κ3) is 13.6. The zero-order valence-electron chi connectivity index (χ0n) is 61.8. The molecule has 0 saturated carbocycles. The molecule has 0 aliphatic heterocycles. The first-order valence-corrected chi connectivity index (χ1v) is 38.5. The van der Waals surface area contributed by atoms with Crippen LogP contribution in [-0.2, 0) is 0 Å². The number of anilines is 6. The topological polar surface area (TPSA) is 6.48 Å². The smallest absolute Gasteiger partial charge is 0.0468 e. The van der Waals surface area contributed by atoms with Crippen molar-refractivity contribution in [1.29, 1.82) is 0 Å². The van der Waals surface area contributed by atoms with Gasteiger partial charge in [0.1, 0.15) is 0 Å². The Labute approximate surface area is 653 Å². The second-order valence-corrected chi connectivity index (χ2v) is 28.7. The lowest BCUT2D eigenvalue weighted by molar-refractivity contribution is 1.29. The quantitative estimate of drug-likeness (QED) is 0.0746. The molecule has 0 amide bonds. The Balaban J connectivity index is 0.000000165. The summed E-state index contributed by atoms with van der Waals surface area (Å²) in [5.41, 5.74) is 23.3. The predicted octanol–water partition coefficient (Wildman–Crippen LogP) is 31.1. The van der Waals surface area contributed by atoms with Crippen LogP contribution < -0.4 is 9.80 Å². The van der Waals surface area contributed by atoms with E-state index in [4.69, 9.17) is 0 Å². The van der Waals surface area contributed by atoms with E-state index in [1.54, 1.807) is 0 Å². The molecule has 2 nitrogen and oxygen atoms in total. The zero-order valence-corrected chi connectivity index (χ0v) is 61.8. The molecule has 0 radical (unpaired) electrons. The van der Waals surface area contributed by atoms with Crippen LogP contribution in [0.1, 0.15) is 22.3 Å². The highest BCUT2D eigenvalue weighted by Crippen LogP contribution is 2.51. The summed E-state index contributed by atoms with van der Waals surface area (Å²) in [6.07, 6.45) is 8.84. The lowest BCUT2D eigenvalue weighted by Gasteiger charge is -2.28. The summed E-state index contributed by atoms with van der Waals surface area (Å²) in [7, 11) is 0. The molecular formula is C110H76N2. The van der Waals surface area contributed by atoms with Crippen molar-refractivity contribution < 1.29 is 0 Å². The van der Waals surface area contributed by atoms with Gasteiger partial charge in [-0.15, -0.1) is 0 Å². The van der Waals surface area contributed by atoms with Crippen molar-refractivity contribution in [3.8, 4) is 55.6 Å². The molecule has 0 aliphatic carbocycles. The van der Waals surface area contributed by atoms with Gasteiger partial charge in [-0.05, 0) is 262 Å². The monoisotopic (exact) mass is 1420 g/mol. The van der Waals surface area contributed by atoms with Crippen LogP contribution in [0.2, 0.25) is 0 Å². The molecule has 0 atom stereocenters. The van der Waals surface area contributed by atoms with E-state index >= 15 is 0 Å². The average Bonchev–Trinajstić information content (AvgIpc) is 0.755. The van der Waals surface area contributed by atoms with E-state index in [0.717, 1.165) is 56.4 Å². The highest BCUT2D eigenvalue weighted by Gasteiger charge is 2.24. The Hall–Kier alpha value is -14.7. The van der Waals surface area contributed by atoms with Crippen molar-refractivity contribution in [1.82, 2.24) is 0 Å². The molecule has 2 heteroatoms. The van der Waals surface area contributed by atoms with E-state index < -0.39 is 0 Å². The van der Waals surface area contributed by atoms with Crippen LogP contribution in [0.4, 0.5) is 34.1 Å². The summed E-state index contributed by atoms with van der Waals surface area (Å²) in [4.78, 5) is 4.73. The molecule has 0 aromatic heterocycles. The largest absolute Gasteiger partial charge is 0.310 e. The number of hydrogen-bond acceptors (Lipinski definition) is 2. The summed E-state index contributed by atoms with van der Waals surface area (Å²) in [6, 6.07) is 158. The lowest BCUT2D eigenvalue weighted by Crippen LogP contribution is -2.10. The maximum Gasteiger partial charge on any atom is 0.0468 e. The first-order valence-electron chi connectivity index (χ1n) is 38.5. The zero-order chi connectivity index (χ0) is 74.5. The van der Waals surface area contributed by atoms with Crippen molar-refractivity contribution in [2.45, 2.75) is 0 Å². The van der Waals surface area contributed by atoms with Gasteiger partial charge in [-0.25, -0.2) is 0 Å². The van der Waals surface area contributed by atoms with Crippen molar-refractivity contribution in [3.05, 3.63) is 459 Å². The van der Waals surface area contributed by atoms with Crippen LogP contribution in [0.3, 0.4) is 0 Å². The third-order valence-corrected chi connectivity index (χ3v) is 21.7. The van der Waals surface area contributed by atoms with Gasteiger partial charge in [-0.2, -0.15) is 0 Å². The molecule has 526 valence electrons. The summed E-state index contributed by atoms with van der Waals surface area (Å²) in [5.74, 6) is 0. The molecule has 0 saturated heterocycles. The SMILES string of the molecule is C(=C\c1cccc(-c2c3ccc(N(c4ccccc4)c4ccccc4)cc3c(-c3cccc(/C=C/c4ccccc4)c3)c3ccc(N(c4ccccc4)c4ccccc4)cc23)c1)/c1ccccc1.c1ccc2cc(-c3ccc4c(-c5ccc6ccccc6c5)c5ccccc5c(-c5ccc6ccccc6c5)c4c3)ccc2c1. The minimum absolute atomic E-state index is 1.08. The molecule has 20 aromatic carbocycles. The fraction of sp³-hybridized carbons (Fsp3) is 0. The van der Waals surface area contributed by atoms with Crippen LogP contribution >= 0.6 is 0 Å². The Morgan fingerprint density at radius 3 is 0.786 bits per heavy atom. The van der Waals surface area contributed by atoms with Gasteiger partial charge < -0.3 is 9.80 Å². The van der Waals surface area contributed by atoms with E-state index in [-0.39, 0.29) is 0 Å². The molecule has 0 unspecified atom stereocenters. The van der Waals surface area contributed by atoms with Crippen molar-refractivity contribution in [3.63, 3.8) is 0 Å². The van der Waals surface area contributed by atoms with Crippen LogP contribution in [0.25, 0.3) is 155 Å². The summed E-state index contributed by atoms with van der Waals surface area (Å²) < 4.78 is 0. The van der Waals surface area contributed by atoms with Crippen LogP contribution in [0.15, 0.2) is 437 Å². The van der Waals surface area contributed by atoms with Gasteiger partial charge >= 0.3 is 0 Å². The van der Waals surface area contributed by atoms with Gasteiger partial charge in [0.05, 0.1) is 0 Å². The third-order valence-electron chi connectivity index (χ3n) is 21.7. The highest BCUT2D eigenvalue weighted by molar-refractivity contribution is 6.24. The Morgan fingerprint density at radius 1 is 0.134 bits per heavy atom. The van der Waals surface area contributed by atoms with Gasteiger partial charge in [0.2, 0.25) is 0 Å². The van der Waals surface area contributed by atoms with Crippen molar-refractivity contribution in [2.24, 2.45) is 0 Å². The second kappa shape index (κ2) is 30.5. The van der Waals surface area contributed by atoms with Gasteiger partial charge in [0.25, 0.3) is 0 Å². The molecule has 0 aliphatic rings. The number of hydrogen-bond donors (Lipinski definition) is 0. The normalized spacial score (nSPS) is 11.5. The number of para-hydroxylation sites is 4. The number of fused-ring (bicyclic) bond motifs is 7. The summed E-state index contributed by atoms with van der Waals surface area (Å²) in [6.45, 7) is 0. The van der Waals surface area contributed by atoms with Gasteiger partial charge in [-0.3, -0.25) is 0 Å². The Kier molecular flexibility index (Phi) is 18.5. The molecular weight excluding hydrogens is 1350 g/mol. The van der Waals surface area contributed by atoms with Crippen molar-refractivity contribution in [2.75, 3.05) is 9.80 Å². The fourth-order valence-corrected chi connectivity index (χ4v) is 16.5. The predicted molar refractivity (Wildman–Crippen MR) is 483 cm³/mol. The minimum Gasteiger partial charge on any atom is -0.310 e. The first-order chi connectivity index (χ1) is 55.5. The fourth-order valence-electron chi connectivity index (χ4n) is 16.5. The second-order valence-electron chi connectivity index (χ2n) is 28.7. The van der Waals surface area contributed by atoms with Gasteiger partial charge in [0.15, 0.2) is 0 Å². The van der Waals surface area contributed by atoms with Gasteiger partial charge in [0, 0.05) is 34.1 Å². The highest BCUT2D eigenvalue weighted by atomic mass is 15.1. The molecule has 20 rings (SSSR count). The number of rotatable bonds is 15. The molecule has 0 N–H and O–H groups in total. The van der Waals surface area contributed by atoms with Crippen LogP contribution in [-0.4, -0.2) is 0 Å². The summed E-state index contributed by atoms with van der Waals surface area (Å²) >= 11 is 0. The van der Waals surface area contributed by atoms with Crippen LogP contribution in [0.5, 0.6) is 0 Å². The standard InChI is InChI=1S/C66H48N2.C44H28/c1-7-21-49(22-8-1)37-39-51-25-19-27-53(45-51)65-61-43-41-60(68(57-33-15-5-16-34-57)58-35-17-6-18-36-58)48-64(61)66(54-28-20-26-52(46-54)40-38-50-23-9-2-10-24-50)62-44-42-59(47-63(62)65)67(55-29-11-3-12-30-55)56-31-13-4-14-32-56;1-4-12-32-25-35(20-17-29(32)9-1)36-23-24-41-42(28-36)44(38-22-19-31-11-3-6-14-34(31)27-38)40-16-8-7-15-39(40)43(41)37-21-18-30-10-2-5-13-33(30)26-37/h1-48H;1-28H/b39-37+,40-38+;. The molecule has 0 heterocycles. The van der Waals surface area contributed by atoms with E-state index in [0.29, 0.717) is 0 Å². The molecule has 0 spiro atoms. The van der Waals surface area contributed by atoms with E-state index in [2.05, 4.69) is 471 Å². The van der Waals surface area contributed by atoms with Crippen molar-refractivity contribution >= 4 is 134 Å².